The normalized spacial score (nSPS) is 11.8. The molecule has 0 aliphatic carbocycles. The monoisotopic (exact) mass is 412 g/mol. The Bertz CT molecular complexity index is 729. The van der Waals surface area contributed by atoms with E-state index in [1.54, 1.807) is 24.5 Å². The molecule has 0 aliphatic heterocycles. The van der Waals surface area contributed by atoms with Crippen molar-refractivity contribution in [1.82, 2.24) is 9.97 Å². The first-order valence-electron chi connectivity index (χ1n) is 11.4. The smallest absolute Gasteiger partial charge is 0.311 e. The summed E-state index contributed by atoms with van der Waals surface area (Å²) in [5.41, 5.74) is 0.872. The van der Waals surface area contributed by atoms with Gasteiger partial charge in [-0.05, 0) is 43.0 Å². The molecule has 1 heterocycles. The van der Waals surface area contributed by atoms with Crippen LogP contribution in [0.4, 0.5) is 0 Å². The number of esters is 1. The van der Waals surface area contributed by atoms with Crippen LogP contribution in [0.25, 0.3) is 11.4 Å². The van der Waals surface area contributed by atoms with Crippen LogP contribution >= 0.6 is 0 Å². The van der Waals surface area contributed by atoms with E-state index in [0.29, 0.717) is 36.3 Å². The van der Waals surface area contributed by atoms with Crippen LogP contribution in [-0.2, 0) is 4.79 Å². The van der Waals surface area contributed by atoms with Crippen LogP contribution in [0, 0.1) is 5.92 Å². The molecule has 164 valence electrons. The van der Waals surface area contributed by atoms with Crippen molar-refractivity contribution in [3.8, 4) is 22.9 Å². The van der Waals surface area contributed by atoms with Crippen molar-refractivity contribution < 1.29 is 14.3 Å². The number of hydrogen-bond acceptors (Lipinski definition) is 5. The van der Waals surface area contributed by atoms with E-state index >= 15 is 0 Å². The molecule has 0 saturated heterocycles. The third kappa shape index (κ3) is 8.93. The second kappa shape index (κ2) is 13.7. The second-order valence-corrected chi connectivity index (χ2v) is 7.91. The lowest BCUT2D eigenvalue weighted by Crippen LogP contribution is -2.09. The summed E-state index contributed by atoms with van der Waals surface area (Å²) in [7, 11) is 0. The topological polar surface area (TPSA) is 61.3 Å². The Kier molecular flexibility index (Phi) is 10.9. The summed E-state index contributed by atoms with van der Waals surface area (Å²) in [5.74, 6) is 2.21. The predicted octanol–water partition coefficient (Wildman–Crippen LogP) is 6.61. The molecule has 0 fully saturated rings. The molecule has 0 saturated carbocycles. The summed E-state index contributed by atoms with van der Waals surface area (Å²) in [6.45, 7) is 7.20. The summed E-state index contributed by atoms with van der Waals surface area (Å²) in [5, 5.41) is 0. The van der Waals surface area contributed by atoms with Gasteiger partial charge in [0.25, 0.3) is 0 Å². The molecule has 30 heavy (non-hydrogen) atoms. The maximum Gasteiger partial charge on any atom is 0.311 e. The molecule has 0 N–H and O–H groups in total. The lowest BCUT2D eigenvalue weighted by atomic mass is 10.0. The highest BCUT2D eigenvalue weighted by atomic mass is 16.5. The Morgan fingerprint density at radius 1 is 0.933 bits per heavy atom. The molecule has 1 aromatic carbocycles. The number of carbonyl (C=O) groups is 1. The zero-order chi connectivity index (χ0) is 21.6. The molecule has 0 bridgehead atoms. The van der Waals surface area contributed by atoms with Crippen molar-refractivity contribution >= 4 is 5.97 Å². The highest BCUT2D eigenvalue weighted by molar-refractivity contribution is 5.72. The number of nitrogens with zero attached hydrogens (tertiary/aromatic N) is 2. The van der Waals surface area contributed by atoms with Crippen LogP contribution in [0.5, 0.6) is 11.5 Å². The van der Waals surface area contributed by atoms with E-state index in [9.17, 15) is 4.79 Å². The second-order valence-electron chi connectivity index (χ2n) is 7.91. The number of rotatable bonds is 14. The van der Waals surface area contributed by atoms with Crippen LogP contribution in [0.15, 0.2) is 36.7 Å². The third-order valence-corrected chi connectivity index (χ3v) is 5.28. The Labute approximate surface area is 181 Å². The molecule has 0 unspecified atom stereocenters. The van der Waals surface area contributed by atoms with Crippen molar-refractivity contribution in [2.24, 2.45) is 5.92 Å². The summed E-state index contributed by atoms with van der Waals surface area (Å²) in [6.07, 6.45) is 13.2. The maximum absolute atomic E-state index is 11.9. The van der Waals surface area contributed by atoms with E-state index < -0.39 is 0 Å². The molecule has 5 heteroatoms. The zero-order valence-electron chi connectivity index (χ0n) is 18.7. The van der Waals surface area contributed by atoms with Gasteiger partial charge in [-0.15, -0.1) is 0 Å². The average molecular weight is 413 g/mol. The van der Waals surface area contributed by atoms with E-state index in [4.69, 9.17) is 9.47 Å². The van der Waals surface area contributed by atoms with Gasteiger partial charge in [0.05, 0.1) is 19.0 Å². The van der Waals surface area contributed by atoms with Crippen molar-refractivity contribution in [3.05, 3.63) is 36.7 Å². The van der Waals surface area contributed by atoms with E-state index in [1.165, 1.54) is 32.1 Å². The molecule has 5 nitrogen and oxygen atoms in total. The quantitative estimate of drug-likeness (QED) is 0.198. The van der Waals surface area contributed by atoms with Gasteiger partial charge in [0.2, 0.25) is 0 Å². The highest BCUT2D eigenvalue weighted by Crippen LogP contribution is 2.21. The fraction of sp³-hybridized carbons (Fsp3) is 0.560. The predicted molar refractivity (Wildman–Crippen MR) is 121 cm³/mol. The summed E-state index contributed by atoms with van der Waals surface area (Å²) in [4.78, 5) is 20.7. The standard InChI is InChI=1S/C25H36N2O3/c1-4-6-7-8-9-10-17-29-23-18-26-25(27-19-23)21-12-14-22(15-13-21)30-24(28)16-11-20(3)5-2/h12-15,18-20H,4-11,16-17H2,1-3H3/t20-/m0/s1. The molecule has 0 aliphatic rings. The van der Waals surface area contributed by atoms with Gasteiger partial charge < -0.3 is 9.47 Å². The summed E-state index contributed by atoms with van der Waals surface area (Å²) < 4.78 is 11.1. The lowest BCUT2D eigenvalue weighted by Gasteiger charge is -2.09. The van der Waals surface area contributed by atoms with E-state index in [1.807, 2.05) is 12.1 Å². The first kappa shape index (κ1) is 23.8. The van der Waals surface area contributed by atoms with Crippen molar-refractivity contribution in [2.45, 2.75) is 78.6 Å². The minimum atomic E-state index is -0.189. The van der Waals surface area contributed by atoms with Crippen LogP contribution < -0.4 is 9.47 Å². The maximum atomic E-state index is 11.9. The van der Waals surface area contributed by atoms with Crippen molar-refractivity contribution in [1.29, 1.82) is 0 Å². The Balaban J connectivity index is 1.76. The average Bonchev–Trinajstić information content (AvgIpc) is 2.78. The van der Waals surface area contributed by atoms with Gasteiger partial charge in [0, 0.05) is 12.0 Å². The van der Waals surface area contributed by atoms with Gasteiger partial charge in [-0.3, -0.25) is 4.79 Å². The van der Waals surface area contributed by atoms with Gasteiger partial charge in [-0.1, -0.05) is 59.3 Å². The fourth-order valence-corrected chi connectivity index (χ4v) is 3.04. The van der Waals surface area contributed by atoms with E-state index in [2.05, 4.69) is 30.7 Å². The number of aromatic nitrogens is 2. The molecule has 1 atom stereocenters. The van der Waals surface area contributed by atoms with Crippen LogP contribution in [-0.4, -0.2) is 22.5 Å². The number of ether oxygens (including phenoxy) is 2. The van der Waals surface area contributed by atoms with Crippen LogP contribution in [0.2, 0.25) is 0 Å². The minimum absolute atomic E-state index is 0.189. The molecular formula is C25H36N2O3. The molecule has 2 rings (SSSR count). The third-order valence-electron chi connectivity index (χ3n) is 5.28. The van der Waals surface area contributed by atoms with Gasteiger partial charge >= 0.3 is 5.97 Å². The molecule has 0 radical (unpaired) electrons. The number of hydrogen-bond donors (Lipinski definition) is 0. The number of benzene rings is 1. The van der Waals surface area contributed by atoms with Gasteiger partial charge in [0.1, 0.15) is 5.75 Å². The SMILES string of the molecule is CCCCCCCCOc1cnc(-c2ccc(OC(=O)CC[C@@H](C)CC)cc2)nc1. The molecule has 1 aromatic heterocycles. The molecule has 2 aromatic rings. The molecular weight excluding hydrogens is 376 g/mol. The summed E-state index contributed by atoms with van der Waals surface area (Å²) in [6, 6.07) is 7.29. The van der Waals surface area contributed by atoms with Crippen LogP contribution in [0.3, 0.4) is 0 Å². The zero-order valence-corrected chi connectivity index (χ0v) is 18.7. The first-order chi connectivity index (χ1) is 14.6. The largest absolute Gasteiger partial charge is 0.490 e. The van der Waals surface area contributed by atoms with Crippen molar-refractivity contribution in [3.63, 3.8) is 0 Å². The van der Waals surface area contributed by atoms with Crippen LogP contribution in [0.1, 0.15) is 78.6 Å². The Hall–Kier alpha value is -2.43. The highest BCUT2D eigenvalue weighted by Gasteiger charge is 2.09. The molecule has 0 amide bonds. The lowest BCUT2D eigenvalue weighted by molar-refractivity contribution is -0.134. The van der Waals surface area contributed by atoms with E-state index in [-0.39, 0.29) is 5.97 Å². The minimum Gasteiger partial charge on any atom is -0.490 e. The Morgan fingerprint density at radius 3 is 2.27 bits per heavy atom. The van der Waals surface area contributed by atoms with Crippen molar-refractivity contribution in [2.75, 3.05) is 6.61 Å². The fourth-order valence-electron chi connectivity index (χ4n) is 3.04. The van der Waals surface area contributed by atoms with E-state index in [0.717, 1.165) is 24.8 Å². The molecule has 0 spiro atoms. The Morgan fingerprint density at radius 2 is 1.60 bits per heavy atom. The number of carbonyl (C=O) groups excluding carboxylic acids is 1. The van der Waals surface area contributed by atoms with Gasteiger partial charge in [0.15, 0.2) is 11.6 Å². The number of unbranched alkanes of at least 4 members (excludes halogenated alkanes) is 5. The first-order valence-corrected chi connectivity index (χ1v) is 11.4. The summed E-state index contributed by atoms with van der Waals surface area (Å²) >= 11 is 0. The van der Waals surface area contributed by atoms with Gasteiger partial charge in [-0.25, -0.2) is 9.97 Å². The van der Waals surface area contributed by atoms with Gasteiger partial charge in [-0.2, -0.15) is 0 Å².